The third kappa shape index (κ3) is 5.13. The second-order valence-corrected chi connectivity index (χ2v) is 4.75. The van der Waals surface area contributed by atoms with Crippen LogP contribution in [0.15, 0.2) is 12.7 Å². The Morgan fingerprint density at radius 2 is 1.62 bits per heavy atom. The van der Waals surface area contributed by atoms with Crippen molar-refractivity contribution >= 4 is 0 Å². The summed E-state index contributed by atoms with van der Waals surface area (Å²) in [5.74, 6) is 0.755. The molecular weight excluding hydrogens is 200 g/mol. The van der Waals surface area contributed by atoms with Gasteiger partial charge in [0.05, 0.1) is 13.2 Å². The predicted molar refractivity (Wildman–Crippen MR) is 69.7 cm³/mol. The van der Waals surface area contributed by atoms with Crippen LogP contribution >= 0.6 is 0 Å². The van der Waals surface area contributed by atoms with Crippen molar-refractivity contribution in [1.82, 2.24) is 0 Å². The van der Waals surface area contributed by atoms with Crippen LogP contribution in [0.3, 0.4) is 0 Å². The minimum atomic E-state index is 0.113. The first kappa shape index (κ1) is 15.7. The monoisotopic (exact) mass is 228 g/mol. The van der Waals surface area contributed by atoms with E-state index < -0.39 is 0 Å². The molecule has 0 aromatic rings. The Labute approximate surface area is 101 Å². The first-order valence-corrected chi connectivity index (χ1v) is 6.26. The SMILES string of the molecule is C=CCC(COC)(COC)CC(CC)CC. The Morgan fingerprint density at radius 1 is 1.12 bits per heavy atom. The number of methoxy groups -OCH3 is 2. The summed E-state index contributed by atoms with van der Waals surface area (Å²) in [4.78, 5) is 0. The van der Waals surface area contributed by atoms with Crippen LogP contribution in [-0.2, 0) is 9.47 Å². The second-order valence-electron chi connectivity index (χ2n) is 4.75. The summed E-state index contributed by atoms with van der Waals surface area (Å²) >= 11 is 0. The highest BCUT2D eigenvalue weighted by Gasteiger charge is 2.31. The Kier molecular flexibility index (Phi) is 8.58. The molecule has 0 fully saturated rings. The van der Waals surface area contributed by atoms with Crippen molar-refractivity contribution in [2.75, 3.05) is 27.4 Å². The normalized spacial score (nSPS) is 12.1. The van der Waals surface area contributed by atoms with Crippen molar-refractivity contribution in [2.45, 2.75) is 39.5 Å². The Balaban J connectivity index is 4.62. The van der Waals surface area contributed by atoms with E-state index >= 15 is 0 Å². The first-order chi connectivity index (χ1) is 7.67. The molecule has 0 radical (unpaired) electrons. The summed E-state index contributed by atoms with van der Waals surface area (Å²) in [6.45, 7) is 9.88. The molecule has 0 saturated carbocycles. The molecule has 0 atom stereocenters. The van der Waals surface area contributed by atoms with Gasteiger partial charge in [-0.25, -0.2) is 0 Å². The standard InChI is InChI=1S/C14H28O2/c1-6-9-14(11-15-4,12-16-5)10-13(7-2)8-3/h6,13H,1,7-12H2,2-5H3. The average molecular weight is 228 g/mol. The molecule has 2 heteroatoms. The summed E-state index contributed by atoms with van der Waals surface area (Å²) in [6.07, 6.45) is 6.56. The van der Waals surface area contributed by atoms with Crippen LogP contribution in [0.4, 0.5) is 0 Å². The second kappa shape index (κ2) is 8.77. The van der Waals surface area contributed by atoms with Gasteiger partial charge in [0.25, 0.3) is 0 Å². The maximum atomic E-state index is 5.37. The van der Waals surface area contributed by atoms with Crippen molar-refractivity contribution in [3.05, 3.63) is 12.7 Å². The lowest BCUT2D eigenvalue weighted by atomic mass is 9.76. The Bertz CT molecular complexity index is 168. The summed E-state index contributed by atoms with van der Waals surface area (Å²) in [6, 6.07) is 0. The van der Waals surface area contributed by atoms with Gasteiger partial charge in [0.15, 0.2) is 0 Å². The number of hydrogen-bond donors (Lipinski definition) is 0. The molecule has 0 aromatic heterocycles. The summed E-state index contributed by atoms with van der Waals surface area (Å²) in [5.41, 5.74) is 0.113. The lowest BCUT2D eigenvalue weighted by Gasteiger charge is -2.34. The molecule has 0 amide bonds. The van der Waals surface area contributed by atoms with Crippen LogP contribution < -0.4 is 0 Å². The molecule has 2 nitrogen and oxygen atoms in total. The van der Waals surface area contributed by atoms with Gasteiger partial charge in [0.1, 0.15) is 0 Å². The van der Waals surface area contributed by atoms with Crippen molar-refractivity contribution in [1.29, 1.82) is 0 Å². The highest BCUT2D eigenvalue weighted by atomic mass is 16.5. The van der Waals surface area contributed by atoms with Crippen LogP contribution in [0.1, 0.15) is 39.5 Å². The lowest BCUT2D eigenvalue weighted by molar-refractivity contribution is -0.00488. The number of rotatable bonds is 10. The van der Waals surface area contributed by atoms with Crippen LogP contribution in [0.2, 0.25) is 0 Å². The van der Waals surface area contributed by atoms with Gasteiger partial charge in [0.2, 0.25) is 0 Å². The van der Waals surface area contributed by atoms with Gasteiger partial charge < -0.3 is 9.47 Å². The molecule has 96 valence electrons. The van der Waals surface area contributed by atoms with E-state index in [0.29, 0.717) is 0 Å². The number of ether oxygens (including phenoxy) is 2. The molecule has 0 rings (SSSR count). The van der Waals surface area contributed by atoms with E-state index in [9.17, 15) is 0 Å². The van der Waals surface area contributed by atoms with Crippen LogP contribution in [-0.4, -0.2) is 27.4 Å². The van der Waals surface area contributed by atoms with Gasteiger partial charge in [-0.3, -0.25) is 0 Å². The van der Waals surface area contributed by atoms with E-state index in [1.165, 1.54) is 12.8 Å². The van der Waals surface area contributed by atoms with Gasteiger partial charge >= 0.3 is 0 Å². The molecule has 16 heavy (non-hydrogen) atoms. The zero-order valence-electron chi connectivity index (χ0n) is 11.4. The largest absolute Gasteiger partial charge is 0.384 e. The molecule has 0 saturated heterocycles. The first-order valence-electron chi connectivity index (χ1n) is 6.26. The van der Waals surface area contributed by atoms with Crippen LogP contribution in [0.25, 0.3) is 0 Å². The summed E-state index contributed by atoms with van der Waals surface area (Å²) < 4.78 is 10.7. The molecule has 0 spiro atoms. The fourth-order valence-corrected chi connectivity index (χ4v) is 2.47. The van der Waals surface area contributed by atoms with Crippen molar-refractivity contribution < 1.29 is 9.47 Å². The quantitative estimate of drug-likeness (QED) is 0.531. The zero-order valence-corrected chi connectivity index (χ0v) is 11.4. The van der Waals surface area contributed by atoms with Gasteiger partial charge in [-0.05, 0) is 18.8 Å². The van der Waals surface area contributed by atoms with Crippen molar-refractivity contribution in [3.8, 4) is 0 Å². The van der Waals surface area contributed by atoms with Crippen LogP contribution in [0.5, 0.6) is 0 Å². The fraction of sp³-hybridized carbons (Fsp3) is 0.857. The smallest absolute Gasteiger partial charge is 0.0543 e. The Hall–Kier alpha value is -0.340. The van der Waals surface area contributed by atoms with E-state index in [2.05, 4.69) is 20.4 Å². The van der Waals surface area contributed by atoms with Gasteiger partial charge in [-0.2, -0.15) is 0 Å². The fourth-order valence-electron chi connectivity index (χ4n) is 2.47. The van der Waals surface area contributed by atoms with Gasteiger partial charge in [-0.1, -0.05) is 32.8 Å². The van der Waals surface area contributed by atoms with E-state index in [1.807, 2.05) is 6.08 Å². The highest BCUT2D eigenvalue weighted by Crippen LogP contribution is 2.34. The topological polar surface area (TPSA) is 18.5 Å². The molecule has 0 aliphatic rings. The lowest BCUT2D eigenvalue weighted by Crippen LogP contribution is -2.33. The molecule has 0 N–H and O–H groups in total. The molecule has 0 aromatic carbocycles. The predicted octanol–water partition coefficient (Wildman–Crippen LogP) is 3.67. The minimum Gasteiger partial charge on any atom is -0.384 e. The molecule has 0 aliphatic carbocycles. The molecule has 0 unspecified atom stereocenters. The van der Waals surface area contributed by atoms with E-state index in [4.69, 9.17) is 9.47 Å². The van der Waals surface area contributed by atoms with E-state index in [1.54, 1.807) is 14.2 Å². The molecule has 0 heterocycles. The zero-order chi connectivity index (χ0) is 12.4. The summed E-state index contributed by atoms with van der Waals surface area (Å²) in [5, 5.41) is 0. The molecule has 0 bridgehead atoms. The number of hydrogen-bond acceptors (Lipinski definition) is 2. The van der Waals surface area contributed by atoms with E-state index in [0.717, 1.165) is 32.0 Å². The summed E-state index contributed by atoms with van der Waals surface area (Å²) in [7, 11) is 3.53. The third-order valence-electron chi connectivity index (χ3n) is 3.35. The molecule has 0 aliphatic heterocycles. The maximum absolute atomic E-state index is 5.37. The highest BCUT2D eigenvalue weighted by molar-refractivity contribution is 4.88. The van der Waals surface area contributed by atoms with Crippen LogP contribution in [0, 0.1) is 11.3 Å². The third-order valence-corrected chi connectivity index (χ3v) is 3.35. The molecular formula is C14H28O2. The maximum Gasteiger partial charge on any atom is 0.0543 e. The minimum absolute atomic E-state index is 0.113. The van der Waals surface area contributed by atoms with Gasteiger partial charge in [-0.15, -0.1) is 6.58 Å². The van der Waals surface area contributed by atoms with Gasteiger partial charge in [0, 0.05) is 19.6 Å². The van der Waals surface area contributed by atoms with E-state index in [-0.39, 0.29) is 5.41 Å². The van der Waals surface area contributed by atoms with Crippen molar-refractivity contribution in [3.63, 3.8) is 0 Å². The average Bonchev–Trinajstić information content (AvgIpc) is 2.27. The van der Waals surface area contributed by atoms with Crippen molar-refractivity contribution in [2.24, 2.45) is 11.3 Å². The Morgan fingerprint density at radius 3 is 1.94 bits per heavy atom. The number of allylic oxidation sites excluding steroid dienone is 1.